The second-order valence-electron chi connectivity index (χ2n) is 5.01. The minimum atomic E-state index is -0.172. The molecule has 3 nitrogen and oxygen atoms in total. The molecule has 0 aliphatic heterocycles. The first-order valence-electron chi connectivity index (χ1n) is 7.21. The Morgan fingerprint density at radius 1 is 0.875 bits per heavy atom. The summed E-state index contributed by atoms with van der Waals surface area (Å²) >= 11 is 9.22. The number of rotatable bonds is 4. The Hall–Kier alpha value is -2.30. The van der Waals surface area contributed by atoms with Crippen LogP contribution in [0, 0.1) is 0 Å². The molecule has 0 aliphatic carbocycles. The zero-order valence-electron chi connectivity index (χ0n) is 12.5. The molecule has 1 N–H and O–H groups in total. The summed E-state index contributed by atoms with van der Waals surface area (Å²) in [7, 11) is 0. The van der Waals surface area contributed by atoms with Crippen LogP contribution in [-0.4, -0.2) is 5.91 Å². The van der Waals surface area contributed by atoms with Crippen molar-refractivity contribution in [2.45, 2.75) is 0 Å². The Morgan fingerprint density at radius 3 is 2.08 bits per heavy atom. The van der Waals surface area contributed by atoms with E-state index in [2.05, 4.69) is 21.2 Å². The zero-order valence-corrected chi connectivity index (χ0v) is 14.8. The van der Waals surface area contributed by atoms with Crippen molar-refractivity contribution in [1.29, 1.82) is 0 Å². The van der Waals surface area contributed by atoms with Crippen LogP contribution in [0.4, 0.5) is 5.69 Å². The lowest BCUT2D eigenvalue weighted by molar-refractivity contribution is 0.102. The van der Waals surface area contributed by atoms with E-state index >= 15 is 0 Å². The molecule has 5 heteroatoms. The van der Waals surface area contributed by atoms with E-state index in [1.165, 1.54) is 0 Å². The van der Waals surface area contributed by atoms with E-state index in [0.29, 0.717) is 27.8 Å². The molecule has 3 aromatic rings. The highest BCUT2D eigenvalue weighted by atomic mass is 79.9. The van der Waals surface area contributed by atoms with Crippen LogP contribution in [0.25, 0.3) is 0 Å². The molecular formula is C19H13BrClNO2. The summed E-state index contributed by atoms with van der Waals surface area (Å²) < 4.78 is 6.47. The molecular weight excluding hydrogens is 390 g/mol. The number of anilines is 1. The number of carbonyl (C=O) groups is 1. The Balaban J connectivity index is 1.67. The van der Waals surface area contributed by atoms with Gasteiger partial charge in [-0.3, -0.25) is 4.79 Å². The number of amides is 1. The fraction of sp³-hybridized carbons (Fsp3) is 0. The molecule has 24 heavy (non-hydrogen) atoms. The van der Waals surface area contributed by atoms with E-state index in [1.54, 1.807) is 54.6 Å². The third-order valence-electron chi connectivity index (χ3n) is 3.28. The van der Waals surface area contributed by atoms with Gasteiger partial charge >= 0.3 is 0 Å². The van der Waals surface area contributed by atoms with Gasteiger partial charge < -0.3 is 10.1 Å². The SMILES string of the molecule is O=C(Nc1ccc(Oc2ccc(Cl)cc2)cc1)c1ccccc1Br. The van der Waals surface area contributed by atoms with Crippen LogP contribution < -0.4 is 10.1 Å². The molecule has 0 spiro atoms. The lowest BCUT2D eigenvalue weighted by Crippen LogP contribution is -2.12. The van der Waals surface area contributed by atoms with Crippen molar-refractivity contribution in [3.63, 3.8) is 0 Å². The van der Waals surface area contributed by atoms with Gasteiger partial charge in [-0.15, -0.1) is 0 Å². The lowest BCUT2D eigenvalue weighted by atomic mass is 10.2. The highest BCUT2D eigenvalue weighted by molar-refractivity contribution is 9.10. The normalized spacial score (nSPS) is 10.2. The van der Waals surface area contributed by atoms with Crippen LogP contribution in [0.5, 0.6) is 11.5 Å². The highest BCUT2D eigenvalue weighted by Gasteiger charge is 2.09. The lowest BCUT2D eigenvalue weighted by Gasteiger charge is -2.09. The molecule has 0 bridgehead atoms. The Morgan fingerprint density at radius 2 is 1.46 bits per heavy atom. The number of carbonyl (C=O) groups excluding carboxylic acids is 1. The highest BCUT2D eigenvalue weighted by Crippen LogP contribution is 2.25. The summed E-state index contributed by atoms with van der Waals surface area (Å²) in [5.41, 5.74) is 1.28. The second-order valence-corrected chi connectivity index (χ2v) is 6.31. The molecule has 0 fully saturated rings. The van der Waals surface area contributed by atoms with E-state index in [-0.39, 0.29) is 5.91 Å². The second kappa shape index (κ2) is 7.51. The van der Waals surface area contributed by atoms with Gasteiger partial charge in [-0.25, -0.2) is 0 Å². The van der Waals surface area contributed by atoms with Gasteiger partial charge in [-0.1, -0.05) is 23.7 Å². The Kier molecular flexibility index (Phi) is 5.18. The monoisotopic (exact) mass is 401 g/mol. The molecule has 0 aromatic heterocycles. The average molecular weight is 403 g/mol. The molecule has 0 saturated carbocycles. The number of nitrogens with one attached hydrogen (secondary N) is 1. The largest absolute Gasteiger partial charge is 0.457 e. The van der Waals surface area contributed by atoms with Crippen LogP contribution in [0.3, 0.4) is 0 Å². The molecule has 0 radical (unpaired) electrons. The molecule has 120 valence electrons. The maximum absolute atomic E-state index is 12.3. The average Bonchev–Trinajstić information content (AvgIpc) is 2.59. The van der Waals surface area contributed by atoms with Crippen LogP contribution in [-0.2, 0) is 0 Å². The van der Waals surface area contributed by atoms with Gasteiger partial charge in [0.1, 0.15) is 11.5 Å². The van der Waals surface area contributed by atoms with Crippen molar-refractivity contribution in [2.75, 3.05) is 5.32 Å². The molecule has 1 amide bonds. The quantitative estimate of drug-likeness (QED) is 0.568. The third kappa shape index (κ3) is 4.16. The van der Waals surface area contributed by atoms with Crippen molar-refractivity contribution in [3.8, 4) is 11.5 Å². The number of halogens is 2. The summed E-state index contributed by atoms with van der Waals surface area (Å²) in [6.07, 6.45) is 0. The maximum Gasteiger partial charge on any atom is 0.256 e. The minimum absolute atomic E-state index is 0.172. The molecule has 0 aliphatic rings. The van der Waals surface area contributed by atoms with Gasteiger partial charge in [0.2, 0.25) is 0 Å². The first-order chi connectivity index (χ1) is 11.6. The van der Waals surface area contributed by atoms with Crippen LogP contribution in [0.1, 0.15) is 10.4 Å². The van der Waals surface area contributed by atoms with Gasteiger partial charge in [-0.05, 0) is 76.6 Å². The minimum Gasteiger partial charge on any atom is -0.457 e. The van der Waals surface area contributed by atoms with Crippen LogP contribution in [0.2, 0.25) is 5.02 Å². The fourth-order valence-electron chi connectivity index (χ4n) is 2.09. The van der Waals surface area contributed by atoms with E-state index in [9.17, 15) is 4.79 Å². The van der Waals surface area contributed by atoms with Gasteiger partial charge in [0.25, 0.3) is 5.91 Å². The first kappa shape index (κ1) is 16.6. The van der Waals surface area contributed by atoms with Gasteiger partial charge in [0.05, 0.1) is 5.56 Å². The fourth-order valence-corrected chi connectivity index (χ4v) is 2.68. The van der Waals surface area contributed by atoms with Gasteiger partial charge in [-0.2, -0.15) is 0 Å². The number of ether oxygens (including phenoxy) is 1. The molecule has 0 heterocycles. The van der Waals surface area contributed by atoms with Gasteiger partial charge in [0, 0.05) is 15.2 Å². The van der Waals surface area contributed by atoms with E-state index < -0.39 is 0 Å². The Labute approximate surface area is 153 Å². The molecule has 3 aromatic carbocycles. The van der Waals surface area contributed by atoms with Crippen LogP contribution >= 0.6 is 27.5 Å². The van der Waals surface area contributed by atoms with Crippen molar-refractivity contribution in [3.05, 3.63) is 87.9 Å². The summed E-state index contributed by atoms with van der Waals surface area (Å²) in [5, 5.41) is 3.52. The van der Waals surface area contributed by atoms with Crippen molar-refractivity contribution in [2.24, 2.45) is 0 Å². The molecule has 0 atom stereocenters. The molecule has 0 saturated heterocycles. The third-order valence-corrected chi connectivity index (χ3v) is 4.22. The van der Waals surface area contributed by atoms with E-state index in [4.69, 9.17) is 16.3 Å². The standard InChI is InChI=1S/C19H13BrClNO2/c20-18-4-2-1-3-17(18)19(23)22-14-7-11-16(12-8-14)24-15-9-5-13(21)6-10-15/h1-12H,(H,22,23). The summed E-state index contributed by atoms with van der Waals surface area (Å²) in [5.74, 6) is 1.20. The maximum atomic E-state index is 12.3. The van der Waals surface area contributed by atoms with E-state index in [1.807, 2.05) is 18.2 Å². The zero-order chi connectivity index (χ0) is 16.9. The number of hydrogen-bond acceptors (Lipinski definition) is 2. The molecule has 3 rings (SSSR count). The predicted octanol–water partition coefficient (Wildman–Crippen LogP) is 6.15. The predicted molar refractivity (Wildman–Crippen MR) is 100 cm³/mol. The summed E-state index contributed by atoms with van der Waals surface area (Å²) in [6.45, 7) is 0. The van der Waals surface area contributed by atoms with Crippen molar-refractivity contribution in [1.82, 2.24) is 0 Å². The molecule has 0 unspecified atom stereocenters. The topological polar surface area (TPSA) is 38.3 Å². The van der Waals surface area contributed by atoms with Crippen molar-refractivity contribution >= 4 is 39.1 Å². The van der Waals surface area contributed by atoms with Crippen LogP contribution in [0.15, 0.2) is 77.3 Å². The summed E-state index contributed by atoms with van der Waals surface area (Å²) in [6, 6.07) is 21.6. The first-order valence-corrected chi connectivity index (χ1v) is 8.38. The summed E-state index contributed by atoms with van der Waals surface area (Å²) in [4.78, 5) is 12.3. The smallest absolute Gasteiger partial charge is 0.256 e. The van der Waals surface area contributed by atoms with E-state index in [0.717, 1.165) is 4.47 Å². The number of hydrogen-bond donors (Lipinski definition) is 1. The van der Waals surface area contributed by atoms with Gasteiger partial charge in [0.15, 0.2) is 0 Å². The van der Waals surface area contributed by atoms with Crippen molar-refractivity contribution < 1.29 is 9.53 Å². The Bertz CT molecular complexity index is 848. The number of benzene rings is 3.